The molecule has 2 radical (unpaired) electrons. The van der Waals surface area contributed by atoms with Crippen LogP contribution in [0.15, 0.2) is 84.9 Å². The number of hydrogen-bond donors (Lipinski definition) is 0. The van der Waals surface area contributed by atoms with Crippen LogP contribution in [0, 0.1) is 24.7 Å². The maximum Gasteiger partial charge on any atom is 0.0103 e. The van der Waals surface area contributed by atoms with Crippen molar-refractivity contribution in [2.24, 2.45) is 0 Å². The van der Waals surface area contributed by atoms with Crippen LogP contribution in [-0.2, 0) is 57.6 Å². The predicted molar refractivity (Wildman–Crippen MR) is 159 cm³/mol. The normalized spacial score (nSPS) is 11.0. The molecule has 2 aliphatic carbocycles. The van der Waals surface area contributed by atoms with Gasteiger partial charge in [0.05, 0.1) is 0 Å². The molecule has 0 aromatic heterocycles. The van der Waals surface area contributed by atoms with Gasteiger partial charge in [0.25, 0.3) is 0 Å². The van der Waals surface area contributed by atoms with Gasteiger partial charge in [0.1, 0.15) is 0 Å². The second kappa shape index (κ2) is 16.0. The summed E-state index contributed by atoms with van der Waals surface area (Å²) in [6.45, 7) is 2.29. The van der Waals surface area contributed by atoms with E-state index in [1.165, 1.54) is 44.5 Å². The SMILES string of the molecule is CN(C)CCN(C)C.[Au].[Au].[C-]#Cc1ccc2c(c1)-c1ccccc1C2.[C-]#Cc1ccc2c(c1)-c1ccccc1C2. The Kier molecular flexibility index (Phi) is 13.4. The van der Waals surface area contributed by atoms with Crippen LogP contribution in [0.3, 0.4) is 0 Å². The first-order valence-electron chi connectivity index (χ1n) is 13.0. The number of nitrogens with zero attached hydrogens (tertiary/aromatic N) is 2. The summed E-state index contributed by atoms with van der Waals surface area (Å²) in [5.41, 5.74) is 12.3. The summed E-state index contributed by atoms with van der Waals surface area (Å²) in [5.74, 6) is 4.87. The molecule has 0 unspecified atom stereocenters. The fourth-order valence-corrected chi connectivity index (χ4v) is 4.80. The van der Waals surface area contributed by atoms with Crippen molar-refractivity contribution >= 4 is 0 Å². The molecule has 2 nitrogen and oxygen atoms in total. The minimum absolute atomic E-state index is 0. The molecule has 2 aliphatic rings. The first-order chi connectivity index (χ1) is 18.4. The van der Waals surface area contributed by atoms with Crippen LogP contribution in [0.4, 0.5) is 0 Å². The average Bonchev–Trinajstić information content (AvgIpc) is 3.50. The number of likely N-dealkylation sites (N-methyl/N-ethyl adjacent to an activating group) is 2. The van der Waals surface area contributed by atoms with Crippen molar-refractivity contribution in [2.75, 3.05) is 41.3 Å². The molecule has 6 rings (SSSR count). The van der Waals surface area contributed by atoms with Crippen LogP contribution in [0.25, 0.3) is 22.3 Å². The summed E-state index contributed by atoms with van der Waals surface area (Å²) >= 11 is 0. The van der Waals surface area contributed by atoms with Gasteiger partial charge in [-0.1, -0.05) is 60.7 Å². The van der Waals surface area contributed by atoms with E-state index in [0.717, 1.165) is 37.1 Å². The third-order valence-electron chi connectivity index (χ3n) is 6.88. The summed E-state index contributed by atoms with van der Waals surface area (Å²) in [7, 11) is 8.35. The fraction of sp³-hybridized carbons (Fsp3) is 0.222. The molecule has 0 heterocycles. The van der Waals surface area contributed by atoms with Crippen molar-refractivity contribution in [3.63, 3.8) is 0 Å². The third kappa shape index (κ3) is 8.45. The average molecular weight is 889 g/mol. The molecule has 0 fully saturated rings. The summed E-state index contributed by atoms with van der Waals surface area (Å²) < 4.78 is 0. The molecule has 0 saturated heterocycles. The molecule has 0 aliphatic heterocycles. The second-order valence-corrected chi connectivity index (χ2v) is 10.3. The van der Waals surface area contributed by atoms with Crippen LogP contribution in [0.2, 0.25) is 0 Å². The fourth-order valence-electron chi connectivity index (χ4n) is 4.80. The molecule has 4 aromatic rings. The van der Waals surface area contributed by atoms with Crippen LogP contribution < -0.4 is 0 Å². The van der Waals surface area contributed by atoms with Gasteiger partial charge in [-0.05, 0) is 85.5 Å². The van der Waals surface area contributed by atoms with Gasteiger partial charge in [0, 0.05) is 57.9 Å². The Labute approximate surface area is 272 Å². The molecule has 0 spiro atoms. The Balaban J connectivity index is 0.000000216. The van der Waals surface area contributed by atoms with E-state index in [-0.39, 0.29) is 44.8 Å². The van der Waals surface area contributed by atoms with Crippen LogP contribution >= 0.6 is 0 Å². The summed E-state index contributed by atoms with van der Waals surface area (Å²) in [5, 5.41) is 0. The van der Waals surface area contributed by atoms with E-state index < -0.39 is 0 Å². The van der Waals surface area contributed by atoms with Gasteiger partial charge in [-0.15, -0.1) is 35.4 Å². The molecule has 0 bridgehead atoms. The van der Waals surface area contributed by atoms with Gasteiger partial charge in [0.15, 0.2) is 0 Å². The zero-order chi connectivity index (χ0) is 27.1. The van der Waals surface area contributed by atoms with E-state index in [2.05, 4.69) is 110 Å². The van der Waals surface area contributed by atoms with E-state index in [9.17, 15) is 0 Å². The smallest absolute Gasteiger partial charge is 0.0103 e. The molecular weight excluding hydrogens is 854 g/mol. The van der Waals surface area contributed by atoms with Crippen molar-refractivity contribution in [3.8, 4) is 34.1 Å². The third-order valence-corrected chi connectivity index (χ3v) is 6.88. The second-order valence-electron chi connectivity index (χ2n) is 10.3. The van der Waals surface area contributed by atoms with Crippen LogP contribution in [0.1, 0.15) is 33.4 Å². The molecule has 0 N–H and O–H groups in total. The molecule has 4 heteroatoms. The standard InChI is InChI=1S/2C15H9.C6H16N2.2Au/c2*1-2-11-7-8-13-10-12-5-3-4-6-14(12)15(13)9-11;1-7(2)5-6-8(3)4;;/h2*3-9H,10H2;5-6H2,1-4H3;;/q2*-1;;;. The Morgan fingerprint density at radius 3 is 1.23 bits per heavy atom. The topological polar surface area (TPSA) is 6.48 Å². The molecule has 212 valence electrons. The predicted octanol–water partition coefficient (Wildman–Crippen LogP) is 6.50. The molecule has 0 saturated carbocycles. The summed E-state index contributed by atoms with van der Waals surface area (Å²) in [4.78, 5) is 4.36. The Hall–Kier alpha value is -2.60. The quantitative estimate of drug-likeness (QED) is 0.114. The van der Waals surface area contributed by atoms with Crippen LogP contribution in [0.5, 0.6) is 0 Å². The number of hydrogen-bond acceptors (Lipinski definition) is 2. The Bertz CT molecular complexity index is 1390. The van der Waals surface area contributed by atoms with Gasteiger partial charge >= 0.3 is 0 Å². The van der Waals surface area contributed by atoms with Crippen molar-refractivity contribution in [3.05, 3.63) is 131 Å². The maximum atomic E-state index is 7.14. The maximum absolute atomic E-state index is 7.14. The van der Waals surface area contributed by atoms with Crippen molar-refractivity contribution < 1.29 is 44.8 Å². The van der Waals surface area contributed by atoms with Crippen LogP contribution in [-0.4, -0.2) is 51.1 Å². The molecular formula is C36H34Au2N2-2. The first kappa shape index (κ1) is 33.6. The number of rotatable bonds is 3. The van der Waals surface area contributed by atoms with E-state index in [0.29, 0.717) is 0 Å². The number of benzene rings is 4. The number of fused-ring (bicyclic) bond motifs is 6. The van der Waals surface area contributed by atoms with Gasteiger partial charge in [-0.3, -0.25) is 11.8 Å². The van der Waals surface area contributed by atoms with E-state index in [1.54, 1.807) is 0 Å². The van der Waals surface area contributed by atoms with Gasteiger partial charge in [0.2, 0.25) is 0 Å². The van der Waals surface area contributed by atoms with Crippen molar-refractivity contribution in [2.45, 2.75) is 12.8 Å². The zero-order valence-electron chi connectivity index (χ0n) is 23.4. The van der Waals surface area contributed by atoms with Gasteiger partial charge < -0.3 is 22.6 Å². The van der Waals surface area contributed by atoms with Gasteiger partial charge in [-0.2, -0.15) is 0 Å². The molecule has 40 heavy (non-hydrogen) atoms. The molecule has 4 aromatic carbocycles. The Morgan fingerprint density at radius 2 is 0.875 bits per heavy atom. The Morgan fingerprint density at radius 1 is 0.525 bits per heavy atom. The molecule has 0 amide bonds. The van der Waals surface area contributed by atoms with E-state index >= 15 is 0 Å². The monoisotopic (exact) mass is 888 g/mol. The van der Waals surface area contributed by atoms with E-state index in [4.69, 9.17) is 12.8 Å². The largest absolute Gasteiger partial charge is 0.366 e. The van der Waals surface area contributed by atoms with E-state index in [1.807, 2.05) is 24.3 Å². The summed E-state index contributed by atoms with van der Waals surface area (Å²) in [6, 6.07) is 29.1. The van der Waals surface area contributed by atoms with Crippen molar-refractivity contribution in [1.82, 2.24) is 9.80 Å². The van der Waals surface area contributed by atoms with Gasteiger partial charge in [-0.25, -0.2) is 0 Å². The molecule has 0 atom stereocenters. The summed E-state index contributed by atoms with van der Waals surface area (Å²) in [6.07, 6.45) is 16.3. The van der Waals surface area contributed by atoms with Crippen molar-refractivity contribution in [1.29, 1.82) is 0 Å². The minimum atomic E-state index is 0. The zero-order valence-corrected chi connectivity index (χ0v) is 27.7. The minimum Gasteiger partial charge on any atom is -0.366 e. The first-order valence-corrected chi connectivity index (χ1v) is 13.0.